The fraction of sp³-hybridized carbons (Fsp3) is 0.667. The number of carboxylic acid groups (broad SMARTS) is 1. The molecule has 0 aliphatic carbocycles. The molecule has 116 valence electrons. The van der Waals surface area contributed by atoms with E-state index in [0.29, 0.717) is 13.0 Å². The summed E-state index contributed by atoms with van der Waals surface area (Å²) in [5.41, 5.74) is 2.89. The highest BCUT2D eigenvalue weighted by atomic mass is 16.4. The number of carbonyl (C=O) groups excluding carboxylic acids is 1. The Morgan fingerprint density at radius 2 is 2.10 bits per heavy atom. The highest BCUT2D eigenvalue weighted by Crippen LogP contribution is 2.21. The third-order valence-electron chi connectivity index (χ3n) is 4.32. The number of piperidine rings is 1. The van der Waals surface area contributed by atoms with Crippen molar-refractivity contribution in [1.82, 2.24) is 14.7 Å². The number of carboxylic acids is 1. The molecule has 1 aromatic heterocycles. The lowest BCUT2D eigenvalue weighted by atomic mass is 9.94. The van der Waals surface area contributed by atoms with Gasteiger partial charge in [-0.15, -0.1) is 0 Å². The molecule has 1 N–H and O–H groups in total. The van der Waals surface area contributed by atoms with E-state index in [-0.39, 0.29) is 18.2 Å². The predicted molar refractivity (Wildman–Crippen MR) is 77.9 cm³/mol. The van der Waals surface area contributed by atoms with E-state index >= 15 is 0 Å². The van der Waals surface area contributed by atoms with Crippen molar-refractivity contribution in [2.75, 3.05) is 13.1 Å². The maximum atomic E-state index is 12.5. The van der Waals surface area contributed by atoms with E-state index in [4.69, 9.17) is 5.11 Å². The summed E-state index contributed by atoms with van der Waals surface area (Å²) in [6, 6.07) is 0. The van der Waals surface area contributed by atoms with Gasteiger partial charge < -0.3 is 10.0 Å². The lowest BCUT2D eigenvalue weighted by Crippen LogP contribution is -2.41. The number of rotatable bonds is 4. The number of carbonyl (C=O) groups is 2. The maximum absolute atomic E-state index is 12.5. The lowest BCUT2D eigenvalue weighted by molar-refractivity contribution is -0.140. The maximum Gasteiger partial charge on any atom is 0.303 e. The number of aliphatic carboxylic acids is 1. The summed E-state index contributed by atoms with van der Waals surface area (Å²) in [6.07, 6.45) is 2.27. The zero-order valence-corrected chi connectivity index (χ0v) is 12.9. The third-order valence-corrected chi connectivity index (χ3v) is 4.32. The van der Waals surface area contributed by atoms with Gasteiger partial charge in [-0.3, -0.25) is 14.3 Å². The van der Waals surface area contributed by atoms with Gasteiger partial charge in [-0.05, 0) is 32.6 Å². The second-order valence-corrected chi connectivity index (χ2v) is 5.90. The van der Waals surface area contributed by atoms with Gasteiger partial charge in [0.15, 0.2) is 0 Å². The summed E-state index contributed by atoms with van der Waals surface area (Å²) in [5, 5.41) is 13.2. The second kappa shape index (κ2) is 6.28. The summed E-state index contributed by atoms with van der Waals surface area (Å²) in [4.78, 5) is 25.1. The van der Waals surface area contributed by atoms with Crippen LogP contribution in [0.15, 0.2) is 0 Å². The summed E-state index contributed by atoms with van der Waals surface area (Å²) < 4.78 is 1.79. The zero-order chi connectivity index (χ0) is 15.6. The SMILES string of the molecule is Cc1nn(C)c(C)c1CC(=O)N1CCCC(CC(=O)O)C1. The number of likely N-dealkylation sites (tertiary alicyclic amines) is 1. The van der Waals surface area contributed by atoms with Gasteiger partial charge in [-0.1, -0.05) is 0 Å². The van der Waals surface area contributed by atoms with Crippen molar-refractivity contribution in [2.45, 2.75) is 39.5 Å². The molecule has 1 aliphatic rings. The van der Waals surface area contributed by atoms with E-state index in [2.05, 4.69) is 5.10 Å². The molecule has 0 radical (unpaired) electrons. The molecule has 1 fully saturated rings. The number of amides is 1. The van der Waals surface area contributed by atoms with Crippen LogP contribution in [0.2, 0.25) is 0 Å². The summed E-state index contributed by atoms with van der Waals surface area (Å²) in [7, 11) is 1.88. The van der Waals surface area contributed by atoms with Gasteiger partial charge in [0.2, 0.25) is 5.91 Å². The van der Waals surface area contributed by atoms with Gasteiger partial charge in [0.25, 0.3) is 0 Å². The molecule has 1 aromatic rings. The Morgan fingerprint density at radius 3 is 2.67 bits per heavy atom. The Balaban J connectivity index is 2.01. The van der Waals surface area contributed by atoms with Crippen LogP contribution in [0.25, 0.3) is 0 Å². The van der Waals surface area contributed by atoms with E-state index in [9.17, 15) is 9.59 Å². The van der Waals surface area contributed by atoms with Crippen LogP contribution in [0.4, 0.5) is 0 Å². The average Bonchev–Trinajstić information content (AvgIpc) is 2.65. The first-order chi connectivity index (χ1) is 9.88. The van der Waals surface area contributed by atoms with E-state index < -0.39 is 5.97 Å². The van der Waals surface area contributed by atoms with Crippen molar-refractivity contribution in [3.05, 3.63) is 17.0 Å². The van der Waals surface area contributed by atoms with Crippen molar-refractivity contribution in [3.8, 4) is 0 Å². The molecule has 1 aliphatic heterocycles. The normalized spacial score (nSPS) is 18.8. The Labute approximate surface area is 124 Å². The molecule has 1 unspecified atom stereocenters. The van der Waals surface area contributed by atoms with Gasteiger partial charge in [0.05, 0.1) is 12.1 Å². The molecule has 6 heteroatoms. The Hall–Kier alpha value is -1.85. The van der Waals surface area contributed by atoms with Crippen molar-refractivity contribution >= 4 is 11.9 Å². The highest BCUT2D eigenvalue weighted by Gasteiger charge is 2.26. The summed E-state index contributed by atoms with van der Waals surface area (Å²) >= 11 is 0. The fourth-order valence-corrected chi connectivity index (χ4v) is 3.04. The van der Waals surface area contributed by atoms with Crippen LogP contribution in [0.1, 0.15) is 36.2 Å². The van der Waals surface area contributed by atoms with Crippen molar-refractivity contribution < 1.29 is 14.7 Å². The first-order valence-electron chi connectivity index (χ1n) is 7.37. The van der Waals surface area contributed by atoms with Crippen LogP contribution in [0, 0.1) is 19.8 Å². The Morgan fingerprint density at radius 1 is 1.38 bits per heavy atom. The Kier molecular flexibility index (Phi) is 4.65. The molecule has 1 atom stereocenters. The standard InChI is InChI=1S/C15H23N3O3/c1-10-13(11(2)17(3)16-10)8-14(19)18-6-4-5-12(9-18)7-15(20)21/h12H,4-9H2,1-3H3,(H,20,21). The average molecular weight is 293 g/mol. The minimum Gasteiger partial charge on any atom is -0.481 e. The molecule has 2 rings (SSSR count). The number of nitrogens with zero attached hydrogens (tertiary/aromatic N) is 3. The van der Waals surface area contributed by atoms with Crippen molar-refractivity contribution in [2.24, 2.45) is 13.0 Å². The number of aromatic nitrogens is 2. The number of hydrogen-bond acceptors (Lipinski definition) is 3. The largest absolute Gasteiger partial charge is 0.481 e. The van der Waals surface area contributed by atoms with Crippen LogP contribution in [0.5, 0.6) is 0 Å². The topological polar surface area (TPSA) is 75.4 Å². The smallest absolute Gasteiger partial charge is 0.303 e. The van der Waals surface area contributed by atoms with E-state index in [1.807, 2.05) is 25.8 Å². The second-order valence-electron chi connectivity index (χ2n) is 5.90. The fourth-order valence-electron chi connectivity index (χ4n) is 3.04. The zero-order valence-electron chi connectivity index (χ0n) is 12.9. The first kappa shape index (κ1) is 15.5. The van der Waals surface area contributed by atoms with Gasteiger partial charge in [-0.25, -0.2) is 0 Å². The molecule has 21 heavy (non-hydrogen) atoms. The molecule has 1 amide bonds. The van der Waals surface area contributed by atoms with E-state index in [1.54, 1.807) is 4.68 Å². The quantitative estimate of drug-likeness (QED) is 0.907. The van der Waals surface area contributed by atoms with Crippen molar-refractivity contribution in [1.29, 1.82) is 0 Å². The molecule has 0 saturated carbocycles. The first-order valence-corrected chi connectivity index (χ1v) is 7.37. The molecule has 6 nitrogen and oxygen atoms in total. The lowest BCUT2D eigenvalue weighted by Gasteiger charge is -2.32. The number of aryl methyl sites for hydroxylation is 2. The van der Waals surface area contributed by atoms with E-state index in [1.165, 1.54) is 0 Å². The van der Waals surface area contributed by atoms with Gasteiger partial charge >= 0.3 is 5.97 Å². The van der Waals surface area contributed by atoms with Crippen LogP contribution >= 0.6 is 0 Å². The third kappa shape index (κ3) is 3.62. The molecule has 0 aromatic carbocycles. The molecule has 2 heterocycles. The minimum absolute atomic E-state index is 0.0734. The molecule has 0 spiro atoms. The van der Waals surface area contributed by atoms with Crippen LogP contribution in [-0.4, -0.2) is 44.8 Å². The van der Waals surface area contributed by atoms with Crippen LogP contribution < -0.4 is 0 Å². The molecular formula is C15H23N3O3. The predicted octanol–water partition coefficient (Wildman–Crippen LogP) is 1.29. The molecule has 1 saturated heterocycles. The monoisotopic (exact) mass is 293 g/mol. The highest BCUT2D eigenvalue weighted by molar-refractivity contribution is 5.79. The van der Waals surface area contributed by atoms with Gasteiger partial charge in [0, 0.05) is 37.8 Å². The van der Waals surface area contributed by atoms with Crippen LogP contribution in [-0.2, 0) is 23.1 Å². The summed E-state index contributed by atoms with van der Waals surface area (Å²) in [6.45, 7) is 5.17. The molecule has 0 bridgehead atoms. The van der Waals surface area contributed by atoms with Gasteiger partial charge in [0.1, 0.15) is 0 Å². The summed E-state index contributed by atoms with van der Waals surface area (Å²) in [5.74, 6) is -0.631. The van der Waals surface area contributed by atoms with Crippen LogP contribution in [0.3, 0.4) is 0 Å². The van der Waals surface area contributed by atoms with Gasteiger partial charge in [-0.2, -0.15) is 5.10 Å². The number of hydrogen-bond donors (Lipinski definition) is 1. The van der Waals surface area contributed by atoms with E-state index in [0.717, 1.165) is 36.3 Å². The van der Waals surface area contributed by atoms with Crippen molar-refractivity contribution in [3.63, 3.8) is 0 Å². The minimum atomic E-state index is -0.784. The molecular weight excluding hydrogens is 270 g/mol. The Bertz CT molecular complexity index is 551.